The Hall–Kier alpha value is -2.49. The first kappa shape index (κ1) is 17.9. The van der Waals surface area contributed by atoms with Crippen LogP contribution in [0.4, 0.5) is 0 Å². The predicted molar refractivity (Wildman–Crippen MR) is 95.8 cm³/mol. The number of hydrogen-bond acceptors (Lipinski definition) is 3. The van der Waals surface area contributed by atoms with Crippen LogP contribution in [0.2, 0.25) is 0 Å². The molecule has 24 heavy (non-hydrogen) atoms. The van der Waals surface area contributed by atoms with Crippen LogP contribution in [0.1, 0.15) is 22.3 Å². The third kappa shape index (κ3) is 5.30. The Morgan fingerprint density at radius 1 is 0.875 bits per heavy atom. The fraction of sp³-hybridized carbons (Fsp3) is 0.350. The zero-order chi connectivity index (χ0) is 17.5. The van der Waals surface area contributed by atoms with E-state index < -0.39 is 0 Å². The van der Waals surface area contributed by atoms with Gasteiger partial charge in [-0.1, -0.05) is 29.8 Å². The summed E-state index contributed by atoms with van der Waals surface area (Å²) in [5.74, 6) is 1.44. The molecule has 0 saturated heterocycles. The highest BCUT2D eigenvalue weighted by Crippen LogP contribution is 2.19. The lowest BCUT2D eigenvalue weighted by atomic mass is 10.1. The van der Waals surface area contributed by atoms with Crippen molar-refractivity contribution in [3.8, 4) is 11.5 Å². The van der Waals surface area contributed by atoms with Crippen LogP contribution in [0.15, 0.2) is 36.4 Å². The molecule has 1 N–H and O–H groups in total. The normalized spacial score (nSPS) is 10.3. The standard InChI is InChI=1S/C20H25NO3/c1-14-6-8-18(17(4)11-14)23-10-9-21-20(22)13-24-19-12-15(2)5-7-16(19)3/h5-8,11-12H,9-10,13H2,1-4H3,(H,21,22). The minimum absolute atomic E-state index is 0.00779. The van der Waals surface area contributed by atoms with Gasteiger partial charge in [0, 0.05) is 0 Å². The lowest BCUT2D eigenvalue weighted by Gasteiger charge is -2.12. The van der Waals surface area contributed by atoms with Crippen molar-refractivity contribution in [2.45, 2.75) is 27.7 Å². The summed E-state index contributed by atoms with van der Waals surface area (Å²) in [6, 6.07) is 12.0. The highest BCUT2D eigenvalue weighted by Gasteiger charge is 2.05. The van der Waals surface area contributed by atoms with E-state index in [0.717, 1.165) is 28.2 Å². The topological polar surface area (TPSA) is 47.6 Å². The van der Waals surface area contributed by atoms with E-state index in [1.807, 2.05) is 58.0 Å². The third-order valence-corrected chi connectivity index (χ3v) is 3.71. The van der Waals surface area contributed by atoms with Gasteiger partial charge >= 0.3 is 0 Å². The maximum atomic E-state index is 11.8. The second-order valence-electron chi connectivity index (χ2n) is 6.02. The Kier molecular flexibility index (Phi) is 6.24. The molecule has 0 aliphatic rings. The lowest BCUT2D eigenvalue weighted by Crippen LogP contribution is -2.32. The van der Waals surface area contributed by atoms with E-state index in [-0.39, 0.29) is 12.5 Å². The van der Waals surface area contributed by atoms with Gasteiger partial charge in [-0.05, 0) is 56.5 Å². The molecule has 0 aromatic heterocycles. The average molecular weight is 327 g/mol. The van der Waals surface area contributed by atoms with Crippen LogP contribution >= 0.6 is 0 Å². The van der Waals surface area contributed by atoms with Crippen molar-refractivity contribution in [2.75, 3.05) is 19.8 Å². The van der Waals surface area contributed by atoms with Crippen LogP contribution < -0.4 is 14.8 Å². The zero-order valence-corrected chi connectivity index (χ0v) is 14.8. The fourth-order valence-electron chi connectivity index (χ4n) is 2.37. The molecule has 0 radical (unpaired) electrons. The highest BCUT2D eigenvalue weighted by molar-refractivity contribution is 5.77. The SMILES string of the molecule is Cc1ccc(OCCNC(=O)COc2cc(C)ccc2C)c(C)c1. The lowest BCUT2D eigenvalue weighted by molar-refractivity contribution is -0.123. The van der Waals surface area contributed by atoms with Crippen molar-refractivity contribution in [3.05, 3.63) is 58.7 Å². The van der Waals surface area contributed by atoms with Crippen molar-refractivity contribution in [3.63, 3.8) is 0 Å². The molecule has 128 valence electrons. The molecule has 0 heterocycles. The number of aryl methyl sites for hydroxylation is 4. The minimum Gasteiger partial charge on any atom is -0.491 e. The molecule has 1 amide bonds. The first-order valence-corrected chi connectivity index (χ1v) is 8.12. The van der Waals surface area contributed by atoms with Crippen LogP contribution in [-0.2, 0) is 4.79 Å². The van der Waals surface area contributed by atoms with Gasteiger partial charge in [0.2, 0.25) is 0 Å². The number of carbonyl (C=O) groups is 1. The summed E-state index contributed by atoms with van der Waals surface area (Å²) in [7, 11) is 0. The first-order valence-electron chi connectivity index (χ1n) is 8.12. The second-order valence-corrected chi connectivity index (χ2v) is 6.02. The Morgan fingerprint density at radius 2 is 1.58 bits per heavy atom. The molecule has 0 bridgehead atoms. The second kappa shape index (κ2) is 8.39. The molecule has 0 unspecified atom stereocenters. The van der Waals surface area contributed by atoms with Crippen LogP contribution in [0.5, 0.6) is 11.5 Å². The van der Waals surface area contributed by atoms with Gasteiger partial charge in [-0.15, -0.1) is 0 Å². The Balaban J connectivity index is 1.70. The smallest absolute Gasteiger partial charge is 0.258 e. The van der Waals surface area contributed by atoms with Crippen molar-refractivity contribution in [1.29, 1.82) is 0 Å². The number of ether oxygens (including phenoxy) is 2. The van der Waals surface area contributed by atoms with E-state index in [9.17, 15) is 4.79 Å². The monoisotopic (exact) mass is 327 g/mol. The molecule has 0 saturated carbocycles. The van der Waals surface area contributed by atoms with Gasteiger partial charge in [-0.2, -0.15) is 0 Å². The summed E-state index contributed by atoms with van der Waals surface area (Å²) in [6.07, 6.45) is 0. The molecule has 0 aliphatic heterocycles. The van der Waals surface area contributed by atoms with Gasteiger partial charge in [0.25, 0.3) is 5.91 Å². The quantitative estimate of drug-likeness (QED) is 0.792. The molecule has 0 aliphatic carbocycles. The summed E-state index contributed by atoms with van der Waals surface area (Å²) in [5.41, 5.74) is 4.43. The van der Waals surface area contributed by atoms with Crippen LogP contribution in [0.3, 0.4) is 0 Å². The van der Waals surface area contributed by atoms with Gasteiger partial charge in [0.15, 0.2) is 6.61 Å². The maximum absolute atomic E-state index is 11.8. The minimum atomic E-state index is -0.153. The van der Waals surface area contributed by atoms with Gasteiger partial charge < -0.3 is 14.8 Å². The van der Waals surface area contributed by atoms with Crippen molar-refractivity contribution in [1.82, 2.24) is 5.32 Å². The van der Waals surface area contributed by atoms with Crippen molar-refractivity contribution >= 4 is 5.91 Å². The Morgan fingerprint density at radius 3 is 2.33 bits per heavy atom. The van der Waals surface area contributed by atoms with E-state index in [2.05, 4.69) is 11.4 Å². The molecular formula is C20H25NO3. The molecule has 2 aromatic carbocycles. The summed E-state index contributed by atoms with van der Waals surface area (Å²) in [6.45, 7) is 8.91. The summed E-state index contributed by atoms with van der Waals surface area (Å²) in [4.78, 5) is 11.8. The predicted octanol–water partition coefficient (Wildman–Crippen LogP) is 3.49. The average Bonchev–Trinajstić information content (AvgIpc) is 2.54. The number of nitrogens with one attached hydrogen (secondary N) is 1. The summed E-state index contributed by atoms with van der Waals surface area (Å²) < 4.78 is 11.3. The van der Waals surface area contributed by atoms with Gasteiger partial charge in [-0.3, -0.25) is 4.79 Å². The summed E-state index contributed by atoms with van der Waals surface area (Å²) in [5, 5.41) is 2.80. The number of benzene rings is 2. The number of amides is 1. The van der Waals surface area contributed by atoms with Crippen LogP contribution in [0, 0.1) is 27.7 Å². The van der Waals surface area contributed by atoms with Gasteiger partial charge in [-0.25, -0.2) is 0 Å². The molecule has 0 fully saturated rings. The zero-order valence-electron chi connectivity index (χ0n) is 14.8. The Labute approximate surface area is 143 Å². The van der Waals surface area contributed by atoms with Gasteiger partial charge in [0.1, 0.15) is 18.1 Å². The molecular weight excluding hydrogens is 302 g/mol. The van der Waals surface area contributed by atoms with E-state index in [0.29, 0.717) is 13.2 Å². The molecule has 4 nitrogen and oxygen atoms in total. The van der Waals surface area contributed by atoms with Crippen molar-refractivity contribution < 1.29 is 14.3 Å². The maximum Gasteiger partial charge on any atom is 0.258 e. The van der Waals surface area contributed by atoms with Gasteiger partial charge in [0.05, 0.1) is 6.54 Å². The Bertz CT molecular complexity index is 710. The van der Waals surface area contributed by atoms with Crippen LogP contribution in [0.25, 0.3) is 0 Å². The number of hydrogen-bond donors (Lipinski definition) is 1. The first-order chi connectivity index (χ1) is 11.5. The largest absolute Gasteiger partial charge is 0.491 e. The summed E-state index contributed by atoms with van der Waals surface area (Å²) >= 11 is 0. The van der Waals surface area contributed by atoms with E-state index in [1.54, 1.807) is 0 Å². The van der Waals surface area contributed by atoms with E-state index in [1.165, 1.54) is 5.56 Å². The van der Waals surface area contributed by atoms with E-state index >= 15 is 0 Å². The molecule has 2 rings (SSSR count). The number of rotatable bonds is 7. The molecule has 0 spiro atoms. The molecule has 4 heteroatoms. The fourth-order valence-corrected chi connectivity index (χ4v) is 2.37. The van der Waals surface area contributed by atoms with E-state index in [4.69, 9.17) is 9.47 Å². The molecule has 0 atom stereocenters. The third-order valence-electron chi connectivity index (χ3n) is 3.71. The number of carbonyl (C=O) groups excluding carboxylic acids is 1. The molecule has 2 aromatic rings. The highest BCUT2D eigenvalue weighted by atomic mass is 16.5. The van der Waals surface area contributed by atoms with Crippen LogP contribution in [-0.4, -0.2) is 25.7 Å². The van der Waals surface area contributed by atoms with Crippen molar-refractivity contribution in [2.24, 2.45) is 0 Å².